The molecular formula is C22H28N4O3. The van der Waals surface area contributed by atoms with Crippen molar-refractivity contribution in [1.82, 2.24) is 15.2 Å². The van der Waals surface area contributed by atoms with Crippen LogP contribution in [0.3, 0.4) is 0 Å². The van der Waals surface area contributed by atoms with Gasteiger partial charge in [-0.2, -0.15) is 0 Å². The smallest absolute Gasteiger partial charge is 0.244 e. The highest BCUT2D eigenvalue weighted by molar-refractivity contribution is 5.87. The third-order valence-electron chi connectivity index (χ3n) is 5.11. The van der Waals surface area contributed by atoms with Crippen LogP contribution in [-0.2, 0) is 16.0 Å². The lowest BCUT2D eigenvalue weighted by molar-refractivity contribution is -0.136. The van der Waals surface area contributed by atoms with Crippen molar-refractivity contribution >= 4 is 17.6 Å². The molecule has 1 aromatic carbocycles. The second-order valence-electron chi connectivity index (χ2n) is 7.14. The van der Waals surface area contributed by atoms with E-state index in [1.807, 2.05) is 47.4 Å². The number of hydrogen-bond donors (Lipinski definition) is 1. The summed E-state index contributed by atoms with van der Waals surface area (Å²) in [5.41, 5.74) is 1.06. The van der Waals surface area contributed by atoms with E-state index in [-0.39, 0.29) is 11.8 Å². The maximum absolute atomic E-state index is 12.7. The number of aromatic nitrogens is 1. The van der Waals surface area contributed by atoms with Crippen LogP contribution in [0, 0.1) is 0 Å². The van der Waals surface area contributed by atoms with Gasteiger partial charge in [-0.25, -0.2) is 4.98 Å². The van der Waals surface area contributed by atoms with Crippen molar-refractivity contribution in [2.24, 2.45) is 0 Å². The number of anilines is 1. The van der Waals surface area contributed by atoms with Gasteiger partial charge in [0, 0.05) is 38.8 Å². The Morgan fingerprint density at radius 1 is 1.10 bits per heavy atom. The topological polar surface area (TPSA) is 74.8 Å². The predicted molar refractivity (Wildman–Crippen MR) is 112 cm³/mol. The summed E-state index contributed by atoms with van der Waals surface area (Å²) < 4.78 is 5.14. The Bertz CT molecular complexity index is 803. The van der Waals surface area contributed by atoms with Crippen LogP contribution in [0.4, 0.5) is 5.82 Å². The molecule has 0 spiro atoms. The Morgan fingerprint density at radius 2 is 1.83 bits per heavy atom. The van der Waals surface area contributed by atoms with Gasteiger partial charge in [0.15, 0.2) is 0 Å². The monoisotopic (exact) mass is 396 g/mol. The molecule has 0 unspecified atom stereocenters. The van der Waals surface area contributed by atoms with E-state index in [1.54, 1.807) is 20.2 Å². The Morgan fingerprint density at radius 3 is 2.45 bits per heavy atom. The molecule has 1 aliphatic heterocycles. The first-order chi connectivity index (χ1) is 14.1. The van der Waals surface area contributed by atoms with Crippen molar-refractivity contribution < 1.29 is 14.3 Å². The minimum atomic E-state index is -0.528. The Hall–Kier alpha value is -3.09. The number of amides is 2. The summed E-state index contributed by atoms with van der Waals surface area (Å²) in [4.78, 5) is 33.3. The highest BCUT2D eigenvalue weighted by atomic mass is 16.5. The zero-order chi connectivity index (χ0) is 20.6. The lowest BCUT2D eigenvalue weighted by Crippen LogP contribution is -2.54. The predicted octanol–water partition coefficient (Wildman–Crippen LogP) is 1.88. The van der Waals surface area contributed by atoms with Gasteiger partial charge in [-0.15, -0.1) is 0 Å². The summed E-state index contributed by atoms with van der Waals surface area (Å²) >= 11 is 0. The number of piperazine rings is 1. The fourth-order valence-corrected chi connectivity index (χ4v) is 3.40. The summed E-state index contributed by atoms with van der Waals surface area (Å²) in [5, 5.41) is 2.83. The van der Waals surface area contributed by atoms with E-state index in [0.717, 1.165) is 30.2 Å². The Balaban J connectivity index is 1.42. The standard InChI is InChI=1S/C22H28N4O3/c1-17(24-21(27)11-8-18-6-9-19(29-2)10-7-18)22(28)26-15-13-25(14-16-26)20-5-3-4-12-23-20/h3-7,9-10,12,17H,8,11,13-16H2,1-2H3,(H,24,27)/t17-/m1/s1. The van der Waals surface area contributed by atoms with Gasteiger partial charge in [0.25, 0.3) is 0 Å². The molecule has 1 N–H and O–H groups in total. The van der Waals surface area contributed by atoms with E-state index in [4.69, 9.17) is 4.74 Å². The molecule has 0 radical (unpaired) electrons. The molecule has 3 rings (SSSR count). The third-order valence-corrected chi connectivity index (χ3v) is 5.11. The van der Waals surface area contributed by atoms with Crippen LogP contribution in [-0.4, -0.2) is 61.0 Å². The molecule has 0 aliphatic carbocycles. The zero-order valence-corrected chi connectivity index (χ0v) is 17.0. The maximum atomic E-state index is 12.7. The minimum Gasteiger partial charge on any atom is -0.497 e. The van der Waals surface area contributed by atoms with Crippen LogP contribution < -0.4 is 15.0 Å². The molecule has 1 aliphatic rings. The highest BCUT2D eigenvalue weighted by Gasteiger charge is 2.26. The Kier molecular flexibility index (Phi) is 7.05. The molecule has 29 heavy (non-hydrogen) atoms. The van der Waals surface area contributed by atoms with Gasteiger partial charge in [-0.3, -0.25) is 9.59 Å². The number of carbonyl (C=O) groups is 2. The summed E-state index contributed by atoms with van der Waals surface area (Å²) in [5.74, 6) is 1.57. The fourth-order valence-electron chi connectivity index (χ4n) is 3.40. The third kappa shape index (κ3) is 5.70. The summed E-state index contributed by atoms with van der Waals surface area (Å²) in [7, 11) is 1.62. The van der Waals surface area contributed by atoms with Crippen LogP contribution in [0.2, 0.25) is 0 Å². The van der Waals surface area contributed by atoms with Crippen LogP contribution in [0.15, 0.2) is 48.7 Å². The second-order valence-corrected chi connectivity index (χ2v) is 7.14. The molecule has 1 fully saturated rings. The average Bonchev–Trinajstić information content (AvgIpc) is 2.78. The van der Waals surface area contributed by atoms with Gasteiger partial charge in [-0.1, -0.05) is 18.2 Å². The maximum Gasteiger partial charge on any atom is 0.244 e. The van der Waals surface area contributed by atoms with Crippen LogP contribution >= 0.6 is 0 Å². The van der Waals surface area contributed by atoms with Gasteiger partial charge in [0.1, 0.15) is 17.6 Å². The van der Waals surface area contributed by atoms with Gasteiger partial charge in [0.05, 0.1) is 7.11 Å². The normalized spacial score (nSPS) is 15.0. The molecule has 2 heterocycles. The number of benzene rings is 1. The summed E-state index contributed by atoms with van der Waals surface area (Å²) in [6.07, 6.45) is 2.74. The quantitative estimate of drug-likeness (QED) is 0.774. The molecule has 0 bridgehead atoms. The molecule has 2 aromatic rings. The number of nitrogens with zero attached hydrogens (tertiary/aromatic N) is 3. The molecule has 7 heteroatoms. The van der Waals surface area contributed by atoms with E-state index in [2.05, 4.69) is 15.2 Å². The van der Waals surface area contributed by atoms with Crippen LogP contribution in [0.25, 0.3) is 0 Å². The average molecular weight is 396 g/mol. The van der Waals surface area contributed by atoms with Crippen molar-refractivity contribution in [2.45, 2.75) is 25.8 Å². The van der Waals surface area contributed by atoms with Gasteiger partial charge >= 0.3 is 0 Å². The van der Waals surface area contributed by atoms with Crippen molar-refractivity contribution in [1.29, 1.82) is 0 Å². The number of carbonyl (C=O) groups excluding carboxylic acids is 2. The molecule has 1 saturated heterocycles. The molecule has 1 aromatic heterocycles. The largest absolute Gasteiger partial charge is 0.497 e. The van der Waals surface area contributed by atoms with Crippen molar-refractivity contribution in [2.75, 3.05) is 38.2 Å². The minimum absolute atomic E-state index is 0.0385. The SMILES string of the molecule is COc1ccc(CCC(=O)N[C@H](C)C(=O)N2CCN(c3ccccn3)CC2)cc1. The second kappa shape index (κ2) is 9.91. The van der Waals surface area contributed by atoms with Gasteiger partial charge in [0.2, 0.25) is 11.8 Å². The summed E-state index contributed by atoms with van der Waals surface area (Å²) in [6, 6.07) is 13.0. The van der Waals surface area contributed by atoms with Crippen molar-refractivity contribution in [3.05, 3.63) is 54.2 Å². The molecule has 1 atom stereocenters. The molecule has 154 valence electrons. The van der Waals surface area contributed by atoms with Crippen molar-refractivity contribution in [3.63, 3.8) is 0 Å². The van der Waals surface area contributed by atoms with Gasteiger partial charge in [-0.05, 0) is 43.2 Å². The summed E-state index contributed by atoms with van der Waals surface area (Å²) in [6.45, 7) is 4.48. The lowest BCUT2D eigenvalue weighted by Gasteiger charge is -2.36. The zero-order valence-electron chi connectivity index (χ0n) is 17.0. The number of hydrogen-bond acceptors (Lipinski definition) is 5. The molecular weight excluding hydrogens is 368 g/mol. The number of nitrogens with one attached hydrogen (secondary N) is 1. The first-order valence-corrected chi connectivity index (χ1v) is 9.94. The first-order valence-electron chi connectivity index (χ1n) is 9.94. The van der Waals surface area contributed by atoms with Crippen LogP contribution in [0.5, 0.6) is 5.75 Å². The molecule has 2 amide bonds. The van der Waals surface area contributed by atoms with E-state index >= 15 is 0 Å². The molecule has 0 saturated carbocycles. The number of ether oxygens (including phenoxy) is 1. The van der Waals surface area contributed by atoms with E-state index in [0.29, 0.717) is 25.9 Å². The number of rotatable bonds is 7. The number of methoxy groups -OCH3 is 1. The number of pyridine rings is 1. The van der Waals surface area contributed by atoms with Crippen molar-refractivity contribution in [3.8, 4) is 5.75 Å². The van der Waals surface area contributed by atoms with E-state index in [1.165, 1.54) is 0 Å². The highest BCUT2D eigenvalue weighted by Crippen LogP contribution is 2.14. The lowest BCUT2D eigenvalue weighted by atomic mass is 10.1. The van der Waals surface area contributed by atoms with Crippen LogP contribution in [0.1, 0.15) is 18.9 Å². The van der Waals surface area contributed by atoms with E-state index < -0.39 is 6.04 Å². The first kappa shape index (κ1) is 20.6. The van der Waals surface area contributed by atoms with E-state index in [9.17, 15) is 9.59 Å². The number of aryl methyl sites for hydroxylation is 1. The Labute approximate surface area is 171 Å². The molecule has 7 nitrogen and oxygen atoms in total. The fraction of sp³-hybridized carbons (Fsp3) is 0.409. The van der Waals surface area contributed by atoms with Gasteiger partial charge < -0.3 is 19.9 Å².